The van der Waals surface area contributed by atoms with E-state index in [0.29, 0.717) is 6.42 Å². The maximum absolute atomic E-state index is 11.5. The molecule has 0 N–H and O–H groups in total. The van der Waals surface area contributed by atoms with Crippen LogP contribution < -0.4 is 8.37 Å². The Hall–Kier alpha value is -1.32. The van der Waals surface area contributed by atoms with Gasteiger partial charge in [-0.2, -0.15) is 16.8 Å². The van der Waals surface area contributed by atoms with Crippen LogP contribution >= 0.6 is 0 Å². The average molecular weight is 477 g/mol. The highest BCUT2D eigenvalue weighted by molar-refractivity contribution is 7.95. The normalized spacial score (nSPS) is 16.9. The third-order valence-corrected chi connectivity index (χ3v) is 7.38. The molecule has 1 aromatic carbocycles. The topological polar surface area (TPSA) is 96.0 Å². The lowest BCUT2D eigenvalue weighted by Crippen LogP contribution is -2.24. The first kappa shape index (κ1) is 25.9. The molecule has 178 valence electrons. The van der Waals surface area contributed by atoms with Gasteiger partial charge in [0, 0.05) is 6.07 Å². The van der Waals surface area contributed by atoms with Gasteiger partial charge in [-0.15, -0.1) is 0 Å². The van der Waals surface area contributed by atoms with E-state index in [4.69, 9.17) is 0 Å². The molecular weight excluding hydrogens is 440 g/mol. The summed E-state index contributed by atoms with van der Waals surface area (Å²) < 4.78 is 59.5. The Balaban J connectivity index is 1.60. The molecule has 9 heteroatoms. The second kappa shape index (κ2) is 12.6. The zero-order valence-corrected chi connectivity index (χ0v) is 20.3. The van der Waals surface area contributed by atoms with Crippen molar-refractivity contribution in [3.05, 3.63) is 23.8 Å². The van der Waals surface area contributed by atoms with Gasteiger partial charge in [0.25, 0.3) is 0 Å². The molecule has 31 heavy (non-hydrogen) atoms. The highest BCUT2D eigenvalue weighted by Gasteiger charge is 2.30. The molecule has 1 aliphatic rings. The number of hydrogen-bond donors (Lipinski definition) is 0. The third-order valence-electron chi connectivity index (χ3n) is 5.25. The van der Waals surface area contributed by atoms with Crippen molar-refractivity contribution in [1.82, 2.24) is 0 Å². The van der Waals surface area contributed by atoms with Crippen LogP contribution in [0, 0.1) is 5.92 Å². The SMILES string of the molecule is CC(C)CCCCCCCCCCCCCc1cc2cc(c1)OS(=O)(=O)OS(=O)(=O)O2. The predicted octanol–water partition coefficient (Wildman–Crippen LogP) is 5.84. The van der Waals surface area contributed by atoms with Gasteiger partial charge in [0.1, 0.15) is 11.5 Å². The monoisotopic (exact) mass is 476 g/mol. The summed E-state index contributed by atoms with van der Waals surface area (Å²) in [6, 6.07) is 4.34. The first-order valence-electron chi connectivity index (χ1n) is 11.4. The van der Waals surface area contributed by atoms with E-state index in [1.165, 1.54) is 63.9 Å². The molecule has 0 fully saturated rings. The average Bonchev–Trinajstić information content (AvgIpc) is 2.62. The molecule has 1 aromatic rings. The minimum Gasteiger partial charge on any atom is -0.361 e. The van der Waals surface area contributed by atoms with E-state index < -0.39 is 20.8 Å². The number of hydrogen-bond acceptors (Lipinski definition) is 7. The van der Waals surface area contributed by atoms with E-state index in [2.05, 4.69) is 25.8 Å². The first-order chi connectivity index (χ1) is 14.7. The minimum absolute atomic E-state index is 0.0217. The van der Waals surface area contributed by atoms with E-state index >= 15 is 0 Å². The Labute approximate surface area is 188 Å². The van der Waals surface area contributed by atoms with Crippen LogP contribution in [0.5, 0.6) is 11.5 Å². The molecule has 0 amide bonds. The van der Waals surface area contributed by atoms with E-state index in [1.54, 1.807) is 12.1 Å². The van der Waals surface area contributed by atoms with Crippen LogP contribution in [0.1, 0.15) is 96.5 Å². The number of unbranched alkanes of at least 4 members (excludes halogenated alkanes) is 10. The highest BCUT2D eigenvalue weighted by Crippen LogP contribution is 2.29. The van der Waals surface area contributed by atoms with Crippen molar-refractivity contribution in [2.45, 2.75) is 97.3 Å². The van der Waals surface area contributed by atoms with Crippen molar-refractivity contribution in [2.24, 2.45) is 5.92 Å². The number of aryl methyl sites for hydroxylation is 1. The van der Waals surface area contributed by atoms with E-state index in [-0.39, 0.29) is 11.5 Å². The third kappa shape index (κ3) is 11.2. The van der Waals surface area contributed by atoms with Crippen LogP contribution in [0.3, 0.4) is 0 Å². The maximum atomic E-state index is 11.5. The minimum atomic E-state index is -4.73. The molecule has 0 unspecified atom stereocenters. The first-order valence-corrected chi connectivity index (χ1v) is 14.1. The summed E-state index contributed by atoms with van der Waals surface area (Å²) in [5, 5.41) is 0. The smallest absolute Gasteiger partial charge is 0.361 e. The van der Waals surface area contributed by atoms with E-state index in [0.717, 1.165) is 30.7 Å². The van der Waals surface area contributed by atoms with Gasteiger partial charge >= 0.3 is 20.8 Å². The zero-order valence-electron chi connectivity index (χ0n) is 18.7. The summed E-state index contributed by atoms with van der Waals surface area (Å²) in [7, 11) is -9.46. The molecule has 0 atom stereocenters. The molecule has 0 aliphatic carbocycles. The zero-order chi connectivity index (χ0) is 22.7. The molecule has 0 saturated heterocycles. The molecular formula is C22H36O7S2. The molecule has 1 aliphatic heterocycles. The van der Waals surface area contributed by atoms with Crippen molar-refractivity contribution in [3.8, 4) is 11.5 Å². The summed E-state index contributed by atoms with van der Waals surface area (Å²) in [5.41, 5.74) is 0.761. The van der Waals surface area contributed by atoms with Gasteiger partial charge in [-0.25, -0.2) is 0 Å². The van der Waals surface area contributed by atoms with Gasteiger partial charge in [-0.1, -0.05) is 88.1 Å². The summed E-state index contributed by atoms with van der Waals surface area (Å²) in [5.74, 6) is 0.776. The van der Waals surface area contributed by atoms with Crippen LogP contribution in [0.2, 0.25) is 0 Å². The van der Waals surface area contributed by atoms with Gasteiger partial charge in [0.05, 0.1) is 0 Å². The Bertz CT molecular complexity index is 825. The van der Waals surface area contributed by atoms with Gasteiger partial charge in [0.2, 0.25) is 0 Å². The number of fused-ring (bicyclic) bond motifs is 2. The lowest BCUT2D eigenvalue weighted by Gasteiger charge is -2.14. The molecule has 2 rings (SSSR count). The highest BCUT2D eigenvalue weighted by atomic mass is 32.3. The Morgan fingerprint density at radius 3 is 1.52 bits per heavy atom. The Morgan fingerprint density at radius 2 is 1.06 bits per heavy atom. The van der Waals surface area contributed by atoms with Crippen molar-refractivity contribution in [3.63, 3.8) is 0 Å². The molecule has 7 nitrogen and oxygen atoms in total. The summed E-state index contributed by atoms with van der Waals surface area (Å²) in [4.78, 5) is 0. The second-order valence-corrected chi connectivity index (χ2v) is 11.2. The number of rotatable bonds is 14. The van der Waals surface area contributed by atoms with Crippen molar-refractivity contribution in [1.29, 1.82) is 0 Å². The Morgan fingerprint density at radius 1 is 0.645 bits per heavy atom. The van der Waals surface area contributed by atoms with Crippen molar-refractivity contribution >= 4 is 20.8 Å². The Kier molecular flexibility index (Phi) is 10.6. The van der Waals surface area contributed by atoms with E-state index in [1.807, 2.05) is 0 Å². The molecule has 2 bridgehead atoms. The summed E-state index contributed by atoms with van der Waals surface area (Å²) in [6.07, 6.45) is 15.7. The van der Waals surface area contributed by atoms with Crippen molar-refractivity contribution in [2.75, 3.05) is 0 Å². The fourth-order valence-corrected chi connectivity index (χ4v) is 5.41. The summed E-state index contributed by atoms with van der Waals surface area (Å²) in [6.45, 7) is 4.57. The molecule has 0 radical (unpaired) electrons. The lowest BCUT2D eigenvalue weighted by atomic mass is 10.0. The fraction of sp³-hybridized carbons (Fsp3) is 0.727. The van der Waals surface area contributed by atoms with Crippen molar-refractivity contribution < 1.29 is 28.8 Å². The van der Waals surface area contributed by atoms with Gasteiger partial charge < -0.3 is 8.37 Å². The van der Waals surface area contributed by atoms with Crippen LogP contribution in [-0.2, 0) is 30.8 Å². The fourth-order valence-electron chi connectivity index (χ4n) is 3.71. The van der Waals surface area contributed by atoms with Gasteiger partial charge in [-0.05, 0) is 36.5 Å². The van der Waals surface area contributed by atoms with E-state index in [9.17, 15) is 16.8 Å². The predicted molar refractivity (Wildman–Crippen MR) is 121 cm³/mol. The van der Waals surface area contributed by atoms with Crippen LogP contribution in [-0.4, -0.2) is 16.8 Å². The maximum Gasteiger partial charge on any atom is 0.466 e. The van der Waals surface area contributed by atoms with Gasteiger partial charge in [-0.3, -0.25) is 0 Å². The molecule has 0 aromatic heterocycles. The quantitative estimate of drug-likeness (QED) is 0.311. The van der Waals surface area contributed by atoms with Crippen LogP contribution in [0.4, 0.5) is 0 Å². The van der Waals surface area contributed by atoms with Gasteiger partial charge in [0.15, 0.2) is 0 Å². The van der Waals surface area contributed by atoms with Crippen LogP contribution in [0.15, 0.2) is 18.2 Å². The van der Waals surface area contributed by atoms with Crippen LogP contribution in [0.25, 0.3) is 0 Å². The standard InChI is InChI=1S/C22H36O7S2/c1-19(2)14-12-10-8-6-4-3-5-7-9-11-13-15-20-16-21-18-22(17-20)28-31(25,26)29-30(23,24)27-21/h16-19H,3-15H2,1-2H3. The second-order valence-electron chi connectivity index (χ2n) is 8.69. The molecule has 0 saturated carbocycles. The largest absolute Gasteiger partial charge is 0.466 e. The number of benzene rings is 1. The molecule has 1 heterocycles. The lowest BCUT2D eigenvalue weighted by molar-refractivity contribution is 0.344. The summed E-state index contributed by atoms with van der Waals surface area (Å²) >= 11 is 0. The molecule has 0 spiro atoms.